The molecule has 0 aromatic carbocycles. The molecule has 1 saturated carbocycles. The first-order valence-electron chi connectivity index (χ1n) is 6.49. The van der Waals surface area contributed by atoms with Crippen LogP contribution in [-0.4, -0.2) is 18.6 Å². The Morgan fingerprint density at radius 1 is 1.11 bits per heavy atom. The highest BCUT2D eigenvalue weighted by Gasteiger charge is 2.64. The first kappa shape index (κ1) is 14.7. The van der Waals surface area contributed by atoms with Gasteiger partial charge in [0.1, 0.15) is 11.6 Å². The van der Waals surface area contributed by atoms with Gasteiger partial charge in [0.05, 0.1) is 10.0 Å². The summed E-state index contributed by atoms with van der Waals surface area (Å²) in [6.07, 6.45) is 0. The topological polar surface area (TPSA) is 37.0 Å². The average molecular weight is 302 g/mol. The molecule has 1 heterocycles. The Morgan fingerprint density at radius 3 is 2.11 bits per heavy atom. The number of nitrogens with zero attached hydrogens (tertiary/aromatic N) is 1. The molecule has 1 aliphatic carbocycles. The summed E-state index contributed by atoms with van der Waals surface area (Å²) in [5.41, 5.74) is 0.704. The number of rotatable bonds is 4. The van der Waals surface area contributed by atoms with Crippen molar-refractivity contribution in [1.82, 2.24) is 4.98 Å². The Hall–Kier alpha value is -0.670. The molecule has 2 N–H and O–H groups in total. The highest BCUT2D eigenvalue weighted by molar-refractivity contribution is 6.37. The largest absolute Gasteiger partial charge is 0.372 e. The summed E-state index contributed by atoms with van der Waals surface area (Å²) in [4.78, 5) is 4.40. The maximum Gasteiger partial charge on any atom is 0.147 e. The van der Waals surface area contributed by atoms with E-state index in [4.69, 9.17) is 23.2 Å². The van der Waals surface area contributed by atoms with Crippen molar-refractivity contribution in [2.45, 2.75) is 27.7 Å². The molecule has 0 aliphatic heterocycles. The lowest BCUT2D eigenvalue weighted by Crippen LogP contribution is -2.10. The summed E-state index contributed by atoms with van der Waals surface area (Å²) in [6.45, 7) is 10.1. The molecular weight excluding hydrogens is 281 g/mol. The van der Waals surface area contributed by atoms with Crippen LogP contribution in [-0.2, 0) is 0 Å². The van der Waals surface area contributed by atoms with Crippen molar-refractivity contribution in [3.8, 4) is 0 Å². The van der Waals surface area contributed by atoms with Crippen molar-refractivity contribution in [3.63, 3.8) is 0 Å². The minimum atomic E-state index is 0.352. The monoisotopic (exact) mass is 301 g/mol. The van der Waals surface area contributed by atoms with Crippen molar-refractivity contribution in [2.75, 3.05) is 24.2 Å². The average Bonchev–Trinajstić information content (AvgIpc) is 2.69. The SMILES string of the molecule is CNc1nc(NCC2C(C)(C)C2(C)C)c(Cl)cc1Cl. The van der Waals surface area contributed by atoms with Gasteiger partial charge < -0.3 is 10.6 Å². The van der Waals surface area contributed by atoms with Crippen LogP contribution in [0.15, 0.2) is 6.07 Å². The molecule has 0 unspecified atom stereocenters. The lowest BCUT2D eigenvalue weighted by Gasteiger charge is -2.11. The highest BCUT2D eigenvalue weighted by Crippen LogP contribution is 2.68. The van der Waals surface area contributed by atoms with E-state index < -0.39 is 0 Å². The zero-order valence-corrected chi connectivity index (χ0v) is 13.6. The predicted molar refractivity (Wildman–Crippen MR) is 83.3 cm³/mol. The lowest BCUT2D eigenvalue weighted by molar-refractivity contribution is 0.457. The van der Waals surface area contributed by atoms with Crippen LogP contribution in [0.5, 0.6) is 0 Å². The Morgan fingerprint density at radius 2 is 1.63 bits per heavy atom. The molecule has 0 spiro atoms. The molecule has 106 valence electrons. The molecule has 5 heteroatoms. The first-order valence-corrected chi connectivity index (χ1v) is 7.25. The number of nitrogens with one attached hydrogen (secondary N) is 2. The molecule has 0 saturated heterocycles. The van der Waals surface area contributed by atoms with Crippen LogP contribution in [0.3, 0.4) is 0 Å². The van der Waals surface area contributed by atoms with E-state index in [1.807, 2.05) is 0 Å². The second-order valence-corrected chi connectivity index (χ2v) is 7.09. The Kier molecular flexibility index (Phi) is 3.65. The van der Waals surface area contributed by atoms with Crippen molar-refractivity contribution < 1.29 is 0 Å². The van der Waals surface area contributed by atoms with Crippen LogP contribution in [0.2, 0.25) is 10.0 Å². The third-order valence-electron chi connectivity index (χ3n) is 4.96. The molecule has 0 atom stereocenters. The van der Waals surface area contributed by atoms with Crippen LogP contribution in [0.1, 0.15) is 27.7 Å². The molecule has 3 nitrogen and oxygen atoms in total. The van der Waals surface area contributed by atoms with Crippen molar-refractivity contribution in [3.05, 3.63) is 16.1 Å². The summed E-state index contributed by atoms with van der Waals surface area (Å²) in [5.74, 6) is 1.95. The fraction of sp³-hybridized carbons (Fsp3) is 0.643. The second kappa shape index (κ2) is 4.71. The molecular formula is C14H21Cl2N3. The second-order valence-electron chi connectivity index (χ2n) is 6.28. The molecule has 0 radical (unpaired) electrons. The number of hydrogen-bond donors (Lipinski definition) is 2. The van der Waals surface area contributed by atoms with E-state index in [1.54, 1.807) is 13.1 Å². The van der Waals surface area contributed by atoms with Gasteiger partial charge in [-0.3, -0.25) is 0 Å². The van der Waals surface area contributed by atoms with E-state index >= 15 is 0 Å². The zero-order chi connectivity index (χ0) is 14.4. The van der Waals surface area contributed by atoms with Gasteiger partial charge in [0.2, 0.25) is 0 Å². The highest BCUT2D eigenvalue weighted by atomic mass is 35.5. The van der Waals surface area contributed by atoms with Crippen molar-refractivity contribution in [2.24, 2.45) is 16.7 Å². The maximum absolute atomic E-state index is 6.17. The number of hydrogen-bond acceptors (Lipinski definition) is 3. The molecule has 19 heavy (non-hydrogen) atoms. The maximum atomic E-state index is 6.17. The van der Waals surface area contributed by atoms with Gasteiger partial charge in [-0.2, -0.15) is 0 Å². The molecule has 1 aliphatic rings. The number of halogens is 2. The van der Waals surface area contributed by atoms with Gasteiger partial charge in [-0.1, -0.05) is 50.9 Å². The van der Waals surface area contributed by atoms with E-state index in [-0.39, 0.29) is 0 Å². The fourth-order valence-corrected chi connectivity index (χ4v) is 3.33. The summed E-state index contributed by atoms with van der Waals surface area (Å²) in [5, 5.41) is 7.39. The van der Waals surface area contributed by atoms with Gasteiger partial charge >= 0.3 is 0 Å². The normalized spacial score (nSPS) is 20.2. The van der Waals surface area contributed by atoms with Crippen LogP contribution in [0, 0.1) is 16.7 Å². The number of anilines is 2. The van der Waals surface area contributed by atoms with Crippen molar-refractivity contribution >= 4 is 34.8 Å². The first-order chi connectivity index (χ1) is 8.71. The van der Waals surface area contributed by atoms with Gasteiger partial charge in [0.25, 0.3) is 0 Å². The van der Waals surface area contributed by atoms with Gasteiger partial charge in [-0.25, -0.2) is 4.98 Å². The molecule has 0 bridgehead atoms. The minimum Gasteiger partial charge on any atom is -0.372 e. The smallest absolute Gasteiger partial charge is 0.147 e. The van der Waals surface area contributed by atoms with Gasteiger partial charge in [0.15, 0.2) is 0 Å². The zero-order valence-electron chi connectivity index (χ0n) is 12.1. The quantitative estimate of drug-likeness (QED) is 0.858. The van der Waals surface area contributed by atoms with E-state index in [9.17, 15) is 0 Å². The Labute approximate surface area is 125 Å². The van der Waals surface area contributed by atoms with Crippen LogP contribution in [0.4, 0.5) is 11.6 Å². The molecule has 1 aromatic heterocycles. The van der Waals surface area contributed by atoms with Gasteiger partial charge in [0, 0.05) is 13.6 Å². The summed E-state index contributed by atoms with van der Waals surface area (Å²) >= 11 is 12.2. The Balaban J connectivity index is 2.09. The van der Waals surface area contributed by atoms with Crippen LogP contribution >= 0.6 is 23.2 Å². The molecule has 2 rings (SSSR count). The summed E-state index contributed by atoms with van der Waals surface area (Å²) in [7, 11) is 1.79. The molecule has 1 aromatic rings. The predicted octanol–water partition coefficient (Wildman–Crippen LogP) is 4.52. The summed E-state index contributed by atoms with van der Waals surface area (Å²) < 4.78 is 0. The number of pyridine rings is 1. The fourth-order valence-electron chi connectivity index (χ4n) is 2.81. The third-order valence-corrected chi connectivity index (χ3v) is 5.54. The lowest BCUT2D eigenvalue weighted by atomic mass is 10.0. The van der Waals surface area contributed by atoms with Crippen molar-refractivity contribution in [1.29, 1.82) is 0 Å². The minimum absolute atomic E-state index is 0.352. The Bertz CT molecular complexity index is 484. The number of aromatic nitrogens is 1. The molecule has 0 amide bonds. The third kappa shape index (κ3) is 2.38. The summed E-state index contributed by atoms with van der Waals surface area (Å²) in [6, 6.07) is 1.72. The standard InChI is InChI=1S/C14H21Cl2N3/c1-13(2)10(14(13,3)4)7-18-12-9(16)6-8(15)11(17-5)19-12/h6,10H,7H2,1-5H3,(H2,17,18,19). The van der Waals surface area contributed by atoms with Crippen LogP contribution in [0.25, 0.3) is 0 Å². The van der Waals surface area contributed by atoms with E-state index in [0.29, 0.717) is 38.4 Å². The van der Waals surface area contributed by atoms with E-state index in [2.05, 4.69) is 43.3 Å². The van der Waals surface area contributed by atoms with E-state index in [1.165, 1.54) is 0 Å². The van der Waals surface area contributed by atoms with Gasteiger partial charge in [-0.05, 0) is 22.8 Å². The van der Waals surface area contributed by atoms with E-state index in [0.717, 1.165) is 6.54 Å². The molecule has 1 fully saturated rings. The van der Waals surface area contributed by atoms with Crippen LogP contribution < -0.4 is 10.6 Å². The van der Waals surface area contributed by atoms with Gasteiger partial charge in [-0.15, -0.1) is 0 Å².